The Morgan fingerprint density at radius 3 is 2.13 bits per heavy atom. The van der Waals surface area contributed by atoms with Crippen LogP contribution in [0.15, 0.2) is 42.5 Å². The molecule has 8 nitrogen and oxygen atoms in total. The van der Waals surface area contributed by atoms with Crippen LogP contribution >= 0.6 is 0 Å². The average Bonchev–Trinajstić information content (AvgIpc) is 2.96. The van der Waals surface area contributed by atoms with Gasteiger partial charge in [-0.3, -0.25) is 24.1 Å². The van der Waals surface area contributed by atoms with Gasteiger partial charge in [-0.15, -0.1) is 0 Å². The van der Waals surface area contributed by atoms with E-state index in [9.17, 15) is 19.2 Å². The summed E-state index contributed by atoms with van der Waals surface area (Å²) in [6.07, 6.45) is 0.297. The maximum absolute atomic E-state index is 13.3. The maximum atomic E-state index is 13.3. The van der Waals surface area contributed by atoms with Crippen molar-refractivity contribution >= 4 is 35.0 Å². The van der Waals surface area contributed by atoms with E-state index in [1.54, 1.807) is 42.5 Å². The third-order valence-corrected chi connectivity index (χ3v) is 4.91. The summed E-state index contributed by atoms with van der Waals surface area (Å²) in [6, 6.07) is 10.4. The fourth-order valence-electron chi connectivity index (χ4n) is 3.57. The van der Waals surface area contributed by atoms with Gasteiger partial charge in [0.05, 0.1) is 23.9 Å². The van der Waals surface area contributed by atoms with Gasteiger partial charge in [0.1, 0.15) is 11.8 Å². The van der Waals surface area contributed by atoms with Gasteiger partial charge in [0.25, 0.3) is 11.8 Å². The van der Waals surface area contributed by atoms with Crippen LogP contribution in [-0.4, -0.2) is 41.7 Å². The first-order valence-electron chi connectivity index (χ1n) is 9.96. The smallest absolute Gasteiger partial charge is 0.262 e. The van der Waals surface area contributed by atoms with Crippen LogP contribution in [0.3, 0.4) is 0 Å². The van der Waals surface area contributed by atoms with Crippen LogP contribution in [0.1, 0.15) is 47.9 Å². The van der Waals surface area contributed by atoms with E-state index in [4.69, 9.17) is 4.74 Å². The minimum absolute atomic E-state index is 0.0488. The SMILES string of the molecule is COc1ccc(NC(C)=O)cc1NC(=O)[C@H](CC(C)C)N1C(=O)c2ccccc2C1=O. The number of anilines is 2. The number of imide groups is 1. The third kappa shape index (κ3) is 4.58. The van der Waals surface area contributed by atoms with E-state index in [2.05, 4.69) is 10.6 Å². The molecule has 1 atom stereocenters. The lowest BCUT2D eigenvalue weighted by atomic mass is 10.0. The number of ether oxygens (including phenoxy) is 1. The Morgan fingerprint density at radius 1 is 1.00 bits per heavy atom. The summed E-state index contributed by atoms with van der Waals surface area (Å²) >= 11 is 0. The van der Waals surface area contributed by atoms with Crippen LogP contribution < -0.4 is 15.4 Å². The monoisotopic (exact) mass is 423 g/mol. The molecule has 8 heteroatoms. The molecule has 0 aliphatic carbocycles. The lowest BCUT2D eigenvalue weighted by Crippen LogP contribution is -2.48. The highest BCUT2D eigenvalue weighted by molar-refractivity contribution is 6.23. The predicted molar refractivity (Wildman–Crippen MR) is 116 cm³/mol. The molecule has 0 saturated carbocycles. The summed E-state index contributed by atoms with van der Waals surface area (Å²) in [5.41, 5.74) is 1.38. The van der Waals surface area contributed by atoms with Gasteiger partial charge < -0.3 is 15.4 Å². The van der Waals surface area contributed by atoms with Crippen molar-refractivity contribution in [2.75, 3.05) is 17.7 Å². The molecule has 0 bridgehead atoms. The number of nitrogens with one attached hydrogen (secondary N) is 2. The van der Waals surface area contributed by atoms with Gasteiger partial charge in [0.15, 0.2) is 0 Å². The molecule has 2 aromatic rings. The third-order valence-electron chi connectivity index (χ3n) is 4.91. The second-order valence-electron chi connectivity index (χ2n) is 7.76. The Kier molecular flexibility index (Phi) is 6.39. The first-order valence-corrected chi connectivity index (χ1v) is 9.96. The molecule has 1 aliphatic heterocycles. The minimum atomic E-state index is -0.999. The summed E-state index contributed by atoms with van der Waals surface area (Å²) in [7, 11) is 1.46. The van der Waals surface area contributed by atoms with Gasteiger partial charge >= 0.3 is 0 Å². The topological polar surface area (TPSA) is 105 Å². The Hall–Kier alpha value is -3.68. The minimum Gasteiger partial charge on any atom is -0.495 e. The van der Waals surface area contributed by atoms with E-state index in [-0.39, 0.29) is 11.8 Å². The predicted octanol–water partition coefficient (Wildman–Crippen LogP) is 3.30. The van der Waals surface area contributed by atoms with E-state index < -0.39 is 23.8 Å². The summed E-state index contributed by atoms with van der Waals surface area (Å²) in [6.45, 7) is 5.20. The Morgan fingerprint density at radius 2 is 1.61 bits per heavy atom. The zero-order valence-electron chi connectivity index (χ0n) is 17.9. The van der Waals surface area contributed by atoms with Crippen molar-refractivity contribution in [3.05, 3.63) is 53.6 Å². The maximum Gasteiger partial charge on any atom is 0.262 e. The molecular weight excluding hydrogens is 398 g/mol. The molecule has 1 aliphatic rings. The molecule has 2 aromatic carbocycles. The number of carbonyl (C=O) groups is 4. The van der Waals surface area contributed by atoms with Crippen LogP contribution in [0.4, 0.5) is 11.4 Å². The van der Waals surface area contributed by atoms with E-state index in [1.165, 1.54) is 14.0 Å². The van der Waals surface area contributed by atoms with Crippen molar-refractivity contribution in [1.82, 2.24) is 4.90 Å². The zero-order chi connectivity index (χ0) is 22.7. The molecule has 4 amide bonds. The molecule has 0 fully saturated rings. The van der Waals surface area contributed by atoms with E-state index in [0.717, 1.165) is 4.90 Å². The Bertz CT molecular complexity index is 1010. The zero-order valence-corrected chi connectivity index (χ0v) is 17.9. The van der Waals surface area contributed by atoms with Crippen LogP contribution in [0.25, 0.3) is 0 Å². The number of hydrogen-bond donors (Lipinski definition) is 2. The summed E-state index contributed by atoms with van der Waals surface area (Å²) in [5.74, 6) is -1.31. The molecule has 162 valence electrons. The standard InChI is InChI=1S/C23H25N3O5/c1-13(2)11-19(26-22(29)16-7-5-6-8-17(16)23(26)30)21(28)25-18-12-15(24-14(3)27)9-10-20(18)31-4/h5-10,12-13,19H,11H2,1-4H3,(H,24,27)(H,25,28)/t19-/m0/s1. The summed E-state index contributed by atoms with van der Waals surface area (Å²) in [5, 5.41) is 5.41. The number of fused-ring (bicyclic) bond motifs is 1. The normalized spacial score (nSPS) is 13.8. The van der Waals surface area contributed by atoms with E-state index in [1.807, 2.05) is 13.8 Å². The van der Waals surface area contributed by atoms with Crippen molar-refractivity contribution in [1.29, 1.82) is 0 Å². The lowest BCUT2D eigenvalue weighted by molar-refractivity contribution is -0.120. The quantitative estimate of drug-likeness (QED) is 0.665. The molecule has 0 radical (unpaired) electrons. The fourth-order valence-corrected chi connectivity index (χ4v) is 3.57. The van der Waals surface area contributed by atoms with Crippen molar-refractivity contribution in [3.8, 4) is 5.75 Å². The number of carbonyl (C=O) groups excluding carboxylic acids is 4. The molecule has 31 heavy (non-hydrogen) atoms. The number of benzene rings is 2. The van der Waals surface area contributed by atoms with Crippen molar-refractivity contribution in [3.63, 3.8) is 0 Å². The molecule has 0 unspecified atom stereocenters. The van der Waals surface area contributed by atoms with Crippen LogP contribution in [0.2, 0.25) is 0 Å². The first-order chi connectivity index (χ1) is 14.7. The highest BCUT2D eigenvalue weighted by atomic mass is 16.5. The lowest BCUT2D eigenvalue weighted by Gasteiger charge is -2.27. The molecule has 0 aromatic heterocycles. The van der Waals surface area contributed by atoms with E-state index in [0.29, 0.717) is 34.7 Å². The first kappa shape index (κ1) is 22.0. The largest absolute Gasteiger partial charge is 0.495 e. The average molecular weight is 423 g/mol. The molecule has 2 N–H and O–H groups in total. The Balaban J connectivity index is 1.93. The van der Waals surface area contributed by atoms with Gasteiger partial charge in [0.2, 0.25) is 11.8 Å². The Labute approximate surface area is 180 Å². The van der Waals surface area contributed by atoms with Gasteiger partial charge in [-0.2, -0.15) is 0 Å². The number of nitrogens with zero attached hydrogens (tertiary/aromatic N) is 1. The molecular formula is C23H25N3O5. The molecule has 0 spiro atoms. The summed E-state index contributed by atoms with van der Waals surface area (Å²) in [4.78, 5) is 51.6. The summed E-state index contributed by atoms with van der Waals surface area (Å²) < 4.78 is 5.31. The number of hydrogen-bond acceptors (Lipinski definition) is 5. The molecule has 3 rings (SSSR count). The van der Waals surface area contributed by atoms with Gasteiger partial charge in [-0.1, -0.05) is 26.0 Å². The highest BCUT2D eigenvalue weighted by Gasteiger charge is 2.42. The van der Waals surface area contributed by atoms with Crippen LogP contribution in [0, 0.1) is 5.92 Å². The molecule has 0 saturated heterocycles. The van der Waals surface area contributed by atoms with Crippen LogP contribution in [0.5, 0.6) is 5.75 Å². The number of rotatable bonds is 7. The number of methoxy groups -OCH3 is 1. The second kappa shape index (κ2) is 8.99. The fraction of sp³-hybridized carbons (Fsp3) is 0.304. The van der Waals surface area contributed by atoms with Crippen LogP contribution in [-0.2, 0) is 9.59 Å². The highest BCUT2D eigenvalue weighted by Crippen LogP contribution is 2.31. The van der Waals surface area contributed by atoms with Gasteiger partial charge in [0, 0.05) is 12.6 Å². The van der Waals surface area contributed by atoms with Crippen molar-refractivity contribution < 1.29 is 23.9 Å². The van der Waals surface area contributed by atoms with Crippen molar-refractivity contribution in [2.24, 2.45) is 5.92 Å². The number of amides is 4. The second-order valence-corrected chi connectivity index (χ2v) is 7.76. The molecule has 1 heterocycles. The van der Waals surface area contributed by atoms with E-state index >= 15 is 0 Å². The van der Waals surface area contributed by atoms with Crippen molar-refractivity contribution in [2.45, 2.75) is 33.2 Å². The van der Waals surface area contributed by atoms with Gasteiger partial charge in [-0.05, 0) is 42.7 Å². The van der Waals surface area contributed by atoms with Gasteiger partial charge in [-0.25, -0.2) is 0 Å².